The van der Waals surface area contributed by atoms with Crippen molar-refractivity contribution in [1.29, 1.82) is 0 Å². The first-order valence-corrected chi connectivity index (χ1v) is 7.34. The van der Waals surface area contributed by atoms with Crippen molar-refractivity contribution in [3.05, 3.63) is 29.8 Å². The van der Waals surface area contributed by atoms with Gasteiger partial charge in [-0.15, -0.1) is 11.8 Å². The largest absolute Gasteiger partial charge is 0.377 e. The van der Waals surface area contributed by atoms with Gasteiger partial charge in [-0.3, -0.25) is 0 Å². The second-order valence-corrected chi connectivity index (χ2v) is 5.75. The van der Waals surface area contributed by atoms with Crippen LogP contribution in [0.15, 0.2) is 29.2 Å². The van der Waals surface area contributed by atoms with Crippen molar-refractivity contribution in [3.8, 4) is 0 Å². The monoisotopic (exact) mass is 251 g/mol. The number of thioether (sulfide) groups is 1. The van der Waals surface area contributed by atoms with E-state index in [0.29, 0.717) is 6.10 Å². The summed E-state index contributed by atoms with van der Waals surface area (Å²) in [6.45, 7) is 2.95. The molecule has 0 saturated carbocycles. The number of ether oxygens (including phenoxy) is 1. The summed E-state index contributed by atoms with van der Waals surface area (Å²) in [5.74, 6) is 1.07. The fourth-order valence-corrected chi connectivity index (χ4v) is 2.97. The summed E-state index contributed by atoms with van der Waals surface area (Å²) in [4.78, 5) is 1.31. The van der Waals surface area contributed by atoms with Crippen LogP contribution in [0.5, 0.6) is 0 Å². The topological polar surface area (TPSA) is 35.2 Å². The first kappa shape index (κ1) is 12.9. The van der Waals surface area contributed by atoms with Crippen LogP contribution >= 0.6 is 11.8 Å². The zero-order valence-electron chi connectivity index (χ0n) is 10.4. The molecular weight excluding hydrogens is 230 g/mol. The van der Waals surface area contributed by atoms with Crippen molar-refractivity contribution in [2.75, 3.05) is 12.4 Å². The molecule has 1 heterocycles. The standard InChI is InChI=1S/C14H21NOS/c1-11(15)12-5-7-14(8-6-12)17-10-13-4-2-3-9-16-13/h5-8,11,13H,2-4,9-10,15H2,1H3. The maximum absolute atomic E-state index is 5.83. The molecule has 2 atom stereocenters. The van der Waals surface area contributed by atoms with Crippen molar-refractivity contribution in [3.63, 3.8) is 0 Å². The lowest BCUT2D eigenvalue weighted by atomic mass is 10.1. The molecule has 1 aliphatic heterocycles. The normalized spacial score (nSPS) is 22.4. The first-order valence-electron chi connectivity index (χ1n) is 6.35. The number of nitrogens with two attached hydrogens (primary N) is 1. The van der Waals surface area contributed by atoms with Crippen molar-refractivity contribution < 1.29 is 4.74 Å². The average Bonchev–Trinajstić information content (AvgIpc) is 2.38. The minimum Gasteiger partial charge on any atom is -0.377 e. The molecule has 1 aromatic rings. The van der Waals surface area contributed by atoms with Gasteiger partial charge in [-0.25, -0.2) is 0 Å². The van der Waals surface area contributed by atoms with E-state index in [-0.39, 0.29) is 6.04 Å². The molecule has 0 bridgehead atoms. The van der Waals surface area contributed by atoms with Gasteiger partial charge in [-0.1, -0.05) is 12.1 Å². The molecule has 94 valence electrons. The van der Waals surface area contributed by atoms with Crippen LogP contribution in [0.1, 0.15) is 37.8 Å². The van der Waals surface area contributed by atoms with Gasteiger partial charge in [0.25, 0.3) is 0 Å². The highest BCUT2D eigenvalue weighted by atomic mass is 32.2. The van der Waals surface area contributed by atoms with Crippen LogP contribution < -0.4 is 5.73 Å². The summed E-state index contributed by atoms with van der Waals surface area (Å²) in [6, 6.07) is 8.68. The van der Waals surface area contributed by atoms with Gasteiger partial charge in [0.1, 0.15) is 0 Å². The van der Waals surface area contributed by atoms with Gasteiger partial charge < -0.3 is 10.5 Å². The Bertz CT molecular complexity index is 331. The Morgan fingerprint density at radius 3 is 2.71 bits per heavy atom. The fraction of sp³-hybridized carbons (Fsp3) is 0.571. The molecule has 2 N–H and O–H groups in total. The lowest BCUT2D eigenvalue weighted by Gasteiger charge is -2.22. The van der Waals surface area contributed by atoms with Gasteiger partial charge in [0.05, 0.1) is 6.10 Å². The molecule has 1 saturated heterocycles. The Morgan fingerprint density at radius 2 is 2.12 bits per heavy atom. The van der Waals surface area contributed by atoms with Crippen molar-refractivity contribution >= 4 is 11.8 Å². The van der Waals surface area contributed by atoms with Crippen LogP contribution in [0.2, 0.25) is 0 Å². The molecule has 0 aliphatic carbocycles. The summed E-state index contributed by atoms with van der Waals surface area (Å²) in [7, 11) is 0. The molecule has 2 unspecified atom stereocenters. The van der Waals surface area contributed by atoms with E-state index in [1.807, 2.05) is 18.7 Å². The van der Waals surface area contributed by atoms with E-state index < -0.39 is 0 Å². The molecule has 0 aromatic heterocycles. The molecule has 2 nitrogen and oxygen atoms in total. The Morgan fingerprint density at radius 1 is 1.35 bits per heavy atom. The van der Waals surface area contributed by atoms with Crippen molar-refractivity contribution in [2.24, 2.45) is 5.73 Å². The maximum Gasteiger partial charge on any atom is 0.0669 e. The van der Waals surface area contributed by atoms with Gasteiger partial charge in [-0.05, 0) is 43.9 Å². The van der Waals surface area contributed by atoms with Crippen LogP contribution in [0.3, 0.4) is 0 Å². The summed E-state index contributed by atoms with van der Waals surface area (Å²) < 4.78 is 5.72. The van der Waals surface area contributed by atoms with E-state index in [1.165, 1.54) is 29.7 Å². The smallest absolute Gasteiger partial charge is 0.0669 e. The van der Waals surface area contributed by atoms with E-state index in [0.717, 1.165) is 12.4 Å². The highest BCUT2D eigenvalue weighted by Gasteiger charge is 2.13. The average molecular weight is 251 g/mol. The zero-order valence-corrected chi connectivity index (χ0v) is 11.2. The zero-order chi connectivity index (χ0) is 12.1. The highest BCUT2D eigenvalue weighted by molar-refractivity contribution is 7.99. The quantitative estimate of drug-likeness (QED) is 0.833. The number of hydrogen-bond donors (Lipinski definition) is 1. The molecule has 3 heteroatoms. The molecule has 1 aliphatic rings. The third-order valence-electron chi connectivity index (χ3n) is 3.12. The predicted octanol–water partition coefficient (Wildman–Crippen LogP) is 3.37. The highest BCUT2D eigenvalue weighted by Crippen LogP contribution is 2.24. The Balaban J connectivity index is 1.82. The van der Waals surface area contributed by atoms with E-state index in [4.69, 9.17) is 10.5 Å². The Kier molecular flexibility index (Phi) is 4.89. The summed E-state index contributed by atoms with van der Waals surface area (Å²) in [6.07, 6.45) is 4.20. The third kappa shape index (κ3) is 4.02. The maximum atomic E-state index is 5.83. The fourth-order valence-electron chi connectivity index (χ4n) is 2.00. The third-order valence-corrected chi connectivity index (χ3v) is 4.26. The number of rotatable bonds is 4. The van der Waals surface area contributed by atoms with Gasteiger partial charge in [0.2, 0.25) is 0 Å². The second-order valence-electron chi connectivity index (χ2n) is 4.66. The van der Waals surface area contributed by atoms with Crippen molar-refractivity contribution in [1.82, 2.24) is 0 Å². The second kappa shape index (κ2) is 6.43. The van der Waals surface area contributed by atoms with Crippen LogP contribution in [-0.2, 0) is 4.74 Å². The predicted molar refractivity (Wildman–Crippen MR) is 73.4 cm³/mol. The minimum absolute atomic E-state index is 0.121. The molecule has 2 rings (SSSR count). The van der Waals surface area contributed by atoms with Crippen LogP contribution in [0.4, 0.5) is 0 Å². The molecular formula is C14H21NOS. The molecule has 1 fully saturated rings. The minimum atomic E-state index is 0.121. The Hall–Kier alpha value is -0.510. The SMILES string of the molecule is CC(N)c1ccc(SCC2CCCCO2)cc1. The Labute approximate surface area is 108 Å². The van der Waals surface area contributed by atoms with Crippen molar-refractivity contribution in [2.45, 2.75) is 43.2 Å². The number of benzene rings is 1. The van der Waals surface area contributed by atoms with Gasteiger partial charge in [-0.2, -0.15) is 0 Å². The number of hydrogen-bond acceptors (Lipinski definition) is 3. The van der Waals surface area contributed by atoms with E-state index in [2.05, 4.69) is 24.3 Å². The molecule has 0 spiro atoms. The summed E-state index contributed by atoms with van der Waals surface area (Å²) >= 11 is 1.88. The van der Waals surface area contributed by atoms with E-state index in [1.54, 1.807) is 0 Å². The molecule has 0 radical (unpaired) electrons. The summed E-state index contributed by atoms with van der Waals surface area (Å²) in [5.41, 5.74) is 7.03. The molecule has 17 heavy (non-hydrogen) atoms. The lowest BCUT2D eigenvalue weighted by Crippen LogP contribution is -2.21. The van der Waals surface area contributed by atoms with E-state index in [9.17, 15) is 0 Å². The van der Waals surface area contributed by atoms with Crippen LogP contribution in [-0.4, -0.2) is 18.5 Å². The first-order chi connectivity index (χ1) is 8.25. The molecule has 0 amide bonds. The van der Waals surface area contributed by atoms with Gasteiger partial charge >= 0.3 is 0 Å². The lowest BCUT2D eigenvalue weighted by molar-refractivity contribution is 0.0315. The van der Waals surface area contributed by atoms with Gasteiger partial charge in [0.15, 0.2) is 0 Å². The van der Waals surface area contributed by atoms with E-state index >= 15 is 0 Å². The van der Waals surface area contributed by atoms with Crippen LogP contribution in [0, 0.1) is 0 Å². The van der Waals surface area contributed by atoms with Gasteiger partial charge in [0, 0.05) is 23.3 Å². The van der Waals surface area contributed by atoms with Crippen LogP contribution in [0.25, 0.3) is 0 Å². The summed E-state index contributed by atoms with van der Waals surface area (Å²) in [5, 5.41) is 0. The molecule has 1 aromatic carbocycles.